The molecule has 0 fully saturated rings. The number of anilines is 1. The Hall–Kier alpha value is -3.61. The molecule has 2 N–H and O–H groups in total. The van der Waals surface area contributed by atoms with E-state index in [0.717, 1.165) is 16.7 Å². The van der Waals surface area contributed by atoms with Gasteiger partial charge in [-0.05, 0) is 64.7 Å². The molecule has 0 spiro atoms. The minimum Gasteiger partial charge on any atom is -0.444 e. The Labute approximate surface area is 221 Å². The molecule has 2 rings (SSSR count). The van der Waals surface area contributed by atoms with Crippen molar-refractivity contribution in [3.8, 4) is 0 Å². The third-order valence-corrected chi connectivity index (χ3v) is 5.74. The smallest absolute Gasteiger partial charge is 0.408 e. The maximum atomic E-state index is 14.0. The quantitative estimate of drug-likeness (QED) is 0.417. The van der Waals surface area contributed by atoms with Gasteiger partial charge < -0.3 is 20.3 Å². The third-order valence-electron chi connectivity index (χ3n) is 5.74. The first-order chi connectivity index (χ1) is 17.2. The number of para-hydroxylation sites is 1. The first kappa shape index (κ1) is 29.6. The Balaban J connectivity index is 2.55. The van der Waals surface area contributed by atoms with E-state index in [1.54, 1.807) is 26.8 Å². The lowest BCUT2D eigenvalue weighted by molar-refractivity contribution is -0.141. The van der Waals surface area contributed by atoms with Crippen LogP contribution >= 0.6 is 0 Å². The normalized spacial score (nSPS) is 12.9. The molecule has 0 saturated carbocycles. The number of ether oxygens (including phenoxy) is 1. The fraction of sp³-hybridized carbons (Fsp3) is 0.433. The average molecular weight is 508 g/mol. The summed E-state index contributed by atoms with van der Waals surface area (Å²) in [6.07, 6.45) is 0.893. The molecule has 2 aromatic rings. The number of aryl methyl sites for hydroxylation is 3. The molecule has 0 saturated heterocycles. The Bertz CT molecular complexity index is 1110. The van der Waals surface area contributed by atoms with Gasteiger partial charge in [0.05, 0.1) is 0 Å². The van der Waals surface area contributed by atoms with Crippen LogP contribution in [0, 0.1) is 26.7 Å². The molecule has 0 radical (unpaired) electrons. The van der Waals surface area contributed by atoms with Crippen molar-refractivity contribution >= 4 is 23.6 Å². The molecule has 37 heavy (non-hydrogen) atoms. The summed E-state index contributed by atoms with van der Waals surface area (Å²) in [5.41, 5.74) is 3.48. The number of carbonyl (C=O) groups is 3. The third kappa shape index (κ3) is 8.48. The van der Waals surface area contributed by atoms with Crippen LogP contribution in [0.25, 0.3) is 0 Å². The maximum absolute atomic E-state index is 14.0. The van der Waals surface area contributed by atoms with E-state index in [1.165, 1.54) is 4.90 Å². The summed E-state index contributed by atoms with van der Waals surface area (Å²) in [6, 6.07) is 11.4. The van der Waals surface area contributed by atoms with Crippen LogP contribution < -0.4 is 10.6 Å². The summed E-state index contributed by atoms with van der Waals surface area (Å²) >= 11 is 0. The molecule has 0 heterocycles. The van der Waals surface area contributed by atoms with Crippen LogP contribution in [0.1, 0.15) is 62.9 Å². The van der Waals surface area contributed by atoms with Gasteiger partial charge in [-0.3, -0.25) is 9.59 Å². The highest BCUT2D eigenvalue weighted by molar-refractivity contribution is 5.99. The van der Waals surface area contributed by atoms with Gasteiger partial charge in [-0.15, -0.1) is 6.58 Å². The van der Waals surface area contributed by atoms with Crippen LogP contribution in [0.3, 0.4) is 0 Å². The van der Waals surface area contributed by atoms with Crippen LogP contribution in [-0.2, 0) is 14.3 Å². The lowest BCUT2D eigenvalue weighted by atomic mass is 9.96. The fourth-order valence-electron chi connectivity index (χ4n) is 4.14. The van der Waals surface area contributed by atoms with E-state index >= 15 is 0 Å². The van der Waals surface area contributed by atoms with Gasteiger partial charge >= 0.3 is 6.09 Å². The molecule has 2 atom stereocenters. The topological polar surface area (TPSA) is 87.7 Å². The summed E-state index contributed by atoms with van der Waals surface area (Å²) in [7, 11) is 0. The molecule has 0 aliphatic rings. The fourth-order valence-corrected chi connectivity index (χ4v) is 4.14. The number of rotatable bonds is 9. The summed E-state index contributed by atoms with van der Waals surface area (Å²) in [5, 5.41) is 5.72. The average Bonchev–Trinajstić information content (AvgIpc) is 2.76. The highest BCUT2D eigenvalue weighted by Crippen LogP contribution is 2.28. The second kappa shape index (κ2) is 12.6. The zero-order valence-electron chi connectivity index (χ0n) is 23.3. The van der Waals surface area contributed by atoms with Gasteiger partial charge in [-0.25, -0.2) is 4.79 Å². The van der Waals surface area contributed by atoms with Gasteiger partial charge in [-0.1, -0.05) is 67.4 Å². The Morgan fingerprint density at radius 3 is 2.14 bits per heavy atom. The Morgan fingerprint density at radius 2 is 1.62 bits per heavy atom. The van der Waals surface area contributed by atoms with E-state index in [0.29, 0.717) is 11.3 Å². The van der Waals surface area contributed by atoms with Gasteiger partial charge in [0.15, 0.2) is 0 Å². The number of alkyl carbamates (subject to hydrolysis) is 1. The molecule has 2 unspecified atom stereocenters. The van der Waals surface area contributed by atoms with Gasteiger partial charge in [0.25, 0.3) is 5.91 Å². The molecule has 7 heteroatoms. The monoisotopic (exact) mass is 507 g/mol. The van der Waals surface area contributed by atoms with Gasteiger partial charge in [-0.2, -0.15) is 0 Å². The molecular weight excluding hydrogens is 466 g/mol. The molecule has 0 aliphatic heterocycles. The van der Waals surface area contributed by atoms with E-state index in [-0.39, 0.29) is 18.4 Å². The van der Waals surface area contributed by atoms with Crippen LogP contribution in [0.15, 0.2) is 55.1 Å². The maximum Gasteiger partial charge on any atom is 0.408 e. The van der Waals surface area contributed by atoms with Crippen molar-refractivity contribution in [2.24, 2.45) is 5.92 Å². The van der Waals surface area contributed by atoms with Crippen molar-refractivity contribution in [1.82, 2.24) is 10.2 Å². The number of nitrogens with zero attached hydrogens (tertiary/aromatic N) is 1. The van der Waals surface area contributed by atoms with Gasteiger partial charge in [0, 0.05) is 12.2 Å². The van der Waals surface area contributed by atoms with Crippen molar-refractivity contribution in [3.63, 3.8) is 0 Å². The molecule has 2 aromatic carbocycles. The van der Waals surface area contributed by atoms with E-state index in [2.05, 4.69) is 17.2 Å². The minimum atomic E-state index is -0.953. The number of benzene rings is 2. The molecule has 7 nitrogen and oxygen atoms in total. The number of nitrogens with one attached hydrogen (secondary N) is 2. The van der Waals surface area contributed by atoms with Crippen molar-refractivity contribution in [2.75, 3.05) is 11.9 Å². The summed E-state index contributed by atoms with van der Waals surface area (Å²) < 4.78 is 5.40. The predicted octanol–water partition coefficient (Wildman–Crippen LogP) is 5.86. The van der Waals surface area contributed by atoms with Crippen LogP contribution in [0.4, 0.5) is 10.5 Å². The first-order valence-electron chi connectivity index (χ1n) is 12.6. The minimum absolute atomic E-state index is 0.108. The van der Waals surface area contributed by atoms with Crippen LogP contribution in [0.2, 0.25) is 0 Å². The molecule has 0 bridgehead atoms. The second-order valence-corrected chi connectivity index (χ2v) is 10.8. The summed E-state index contributed by atoms with van der Waals surface area (Å²) in [5.74, 6) is -1.01. The largest absolute Gasteiger partial charge is 0.444 e. The van der Waals surface area contributed by atoms with Crippen molar-refractivity contribution in [2.45, 2.75) is 73.1 Å². The van der Waals surface area contributed by atoms with Crippen LogP contribution in [-0.4, -0.2) is 41.0 Å². The molecule has 0 aliphatic carbocycles. The van der Waals surface area contributed by atoms with Crippen molar-refractivity contribution in [1.29, 1.82) is 0 Å². The number of carbonyl (C=O) groups excluding carboxylic acids is 3. The molecule has 3 amide bonds. The SMILES string of the molecule is C=CCN(C(=O)C(NC(=O)OC(C)(C)C)C(C)C)C(C(=O)Nc1ccccc1C)c1cc(C)cc(C)c1. The van der Waals surface area contributed by atoms with Crippen molar-refractivity contribution < 1.29 is 19.1 Å². The zero-order valence-corrected chi connectivity index (χ0v) is 23.3. The zero-order chi connectivity index (χ0) is 27.9. The number of amides is 3. The number of hydrogen-bond donors (Lipinski definition) is 2. The van der Waals surface area contributed by atoms with E-state index < -0.39 is 29.7 Å². The summed E-state index contributed by atoms with van der Waals surface area (Å²) in [4.78, 5) is 41.9. The van der Waals surface area contributed by atoms with Crippen LogP contribution in [0.5, 0.6) is 0 Å². The Morgan fingerprint density at radius 1 is 1.03 bits per heavy atom. The van der Waals surface area contributed by atoms with Gasteiger partial charge in [0.1, 0.15) is 17.7 Å². The molecular formula is C30H41N3O4. The summed E-state index contributed by atoms with van der Waals surface area (Å²) in [6.45, 7) is 18.7. The predicted molar refractivity (Wildman–Crippen MR) is 148 cm³/mol. The highest BCUT2D eigenvalue weighted by Gasteiger charge is 2.37. The molecule has 0 aromatic heterocycles. The standard InChI is InChI=1S/C30H41N3O4/c1-10-15-33(28(35)25(19(2)3)32-29(36)37-30(7,8)9)26(23-17-20(4)16-21(5)18-23)27(34)31-24-14-12-11-13-22(24)6/h10-14,16-19,25-26H,1,15H2,2-9H3,(H,31,34)(H,32,36). The lowest BCUT2D eigenvalue weighted by Gasteiger charge is -2.35. The number of hydrogen-bond acceptors (Lipinski definition) is 4. The highest BCUT2D eigenvalue weighted by atomic mass is 16.6. The first-order valence-corrected chi connectivity index (χ1v) is 12.6. The van der Waals surface area contributed by atoms with E-state index in [4.69, 9.17) is 4.74 Å². The Kier molecular flexibility index (Phi) is 10.1. The van der Waals surface area contributed by atoms with Crippen molar-refractivity contribution in [3.05, 3.63) is 77.4 Å². The molecule has 200 valence electrons. The van der Waals surface area contributed by atoms with Gasteiger partial charge in [0.2, 0.25) is 5.91 Å². The lowest BCUT2D eigenvalue weighted by Crippen LogP contribution is -2.54. The van der Waals surface area contributed by atoms with E-state index in [9.17, 15) is 14.4 Å². The second-order valence-electron chi connectivity index (χ2n) is 10.8. The van der Waals surface area contributed by atoms with E-state index in [1.807, 2.05) is 77.1 Å².